The minimum Gasteiger partial charge on any atom is -0.490 e. The molecule has 108 valence electrons. The maximum atomic E-state index is 13.3. The van der Waals surface area contributed by atoms with Gasteiger partial charge in [0, 0.05) is 4.47 Å². The normalized spacial score (nSPS) is 11.6. The largest absolute Gasteiger partial charge is 0.490 e. The van der Waals surface area contributed by atoms with E-state index in [1.165, 1.54) is 6.07 Å². The molecule has 0 saturated heterocycles. The number of sulfonamides is 1. The molecule has 2 N–H and O–H groups in total. The molecule has 0 spiro atoms. The highest BCUT2D eigenvalue weighted by molar-refractivity contribution is 9.10. The van der Waals surface area contributed by atoms with Gasteiger partial charge in [0.05, 0.1) is 12.4 Å². The monoisotopic (exact) mass is 357 g/mol. The molecule has 0 amide bonds. The fraction of sp³-hybridized carbons (Fsp3) is 0.455. The predicted octanol–water partition coefficient (Wildman–Crippen LogP) is 2.56. The zero-order valence-corrected chi connectivity index (χ0v) is 12.4. The number of primary sulfonamides is 1. The highest BCUT2D eigenvalue weighted by Gasteiger charge is 2.11. The van der Waals surface area contributed by atoms with E-state index >= 15 is 0 Å². The zero-order chi connectivity index (χ0) is 14.5. The average Bonchev–Trinajstić information content (AvgIpc) is 2.28. The van der Waals surface area contributed by atoms with Crippen LogP contribution in [0.2, 0.25) is 0 Å². The van der Waals surface area contributed by atoms with Crippen LogP contribution in [0.5, 0.6) is 5.75 Å². The summed E-state index contributed by atoms with van der Waals surface area (Å²) in [5, 5.41) is 4.84. The maximum absolute atomic E-state index is 13.3. The summed E-state index contributed by atoms with van der Waals surface area (Å²) in [7, 11) is -3.44. The first-order valence-corrected chi connectivity index (χ1v) is 8.08. The van der Waals surface area contributed by atoms with Gasteiger partial charge in [-0.05, 0) is 31.4 Å². The predicted molar refractivity (Wildman–Crippen MR) is 71.4 cm³/mol. The van der Waals surface area contributed by atoms with Crippen LogP contribution in [-0.2, 0) is 10.0 Å². The highest BCUT2D eigenvalue weighted by Crippen LogP contribution is 2.25. The van der Waals surface area contributed by atoms with Crippen LogP contribution in [0.3, 0.4) is 0 Å². The molecule has 0 fully saturated rings. The van der Waals surface area contributed by atoms with Crippen LogP contribution in [-0.4, -0.2) is 20.8 Å². The summed E-state index contributed by atoms with van der Waals surface area (Å²) in [6.07, 6.45) is 1.52. The molecule has 0 aliphatic carbocycles. The third-order valence-corrected chi connectivity index (χ3v) is 3.61. The molecule has 0 aliphatic rings. The molecule has 0 heterocycles. The summed E-state index contributed by atoms with van der Waals surface area (Å²) in [6.45, 7) is 0.178. The summed E-state index contributed by atoms with van der Waals surface area (Å²) in [5.41, 5.74) is 0. The third-order valence-electron chi connectivity index (χ3n) is 2.29. The van der Waals surface area contributed by atoms with Crippen LogP contribution in [0.25, 0.3) is 0 Å². The Bertz CT molecular complexity index is 537. The Kier molecular flexibility index (Phi) is 6.15. The maximum Gasteiger partial charge on any atom is 0.209 e. The van der Waals surface area contributed by atoms with Gasteiger partial charge in [-0.25, -0.2) is 17.9 Å². The van der Waals surface area contributed by atoms with E-state index in [9.17, 15) is 17.2 Å². The Morgan fingerprint density at radius 3 is 2.53 bits per heavy atom. The molecule has 0 radical (unpaired) electrons. The van der Waals surface area contributed by atoms with Crippen LogP contribution in [0.15, 0.2) is 16.6 Å². The molecule has 0 aromatic heterocycles. The van der Waals surface area contributed by atoms with E-state index in [0.29, 0.717) is 23.7 Å². The zero-order valence-electron chi connectivity index (χ0n) is 10.0. The molecule has 19 heavy (non-hydrogen) atoms. The van der Waals surface area contributed by atoms with Crippen molar-refractivity contribution < 1.29 is 21.9 Å². The molecule has 4 nitrogen and oxygen atoms in total. The molecule has 0 aliphatic heterocycles. The Hall–Kier alpha value is -0.730. The lowest BCUT2D eigenvalue weighted by Gasteiger charge is -2.08. The summed E-state index contributed by atoms with van der Waals surface area (Å²) in [5.74, 6) is -2.28. The molecule has 0 bridgehead atoms. The summed E-state index contributed by atoms with van der Waals surface area (Å²) >= 11 is 3.04. The van der Waals surface area contributed by atoms with Crippen molar-refractivity contribution in [2.45, 2.75) is 19.3 Å². The first-order valence-electron chi connectivity index (χ1n) is 5.57. The van der Waals surface area contributed by atoms with Crippen molar-refractivity contribution >= 4 is 26.0 Å². The van der Waals surface area contributed by atoms with E-state index in [4.69, 9.17) is 9.88 Å². The van der Waals surface area contributed by atoms with Crippen LogP contribution < -0.4 is 9.88 Å². The number of nitrogens with two attached hydrogens (primary N) is 1. The molecule has 1 aromatic rings. The van der Waals surface area contributed by atoms with Crippen molar-refractivity contribution in [2.75, 3.05) is 12.4 Å². The van der Waals surface area contributed by atoms with Crippen molar-refractivity contribution in [3.8, 4) is 5.75 Å². The van der Waals surface area contributed by atoms with Crippen LogP contribution in [0.1, 0.15) is 19.3 Å². The van der Waals surface area contributed by atoms with Gasteiger partial charge < -0.3 is 4.74 Å². The second kappa shape index (κ2) is 7.16. The van der Waals surface area contributed by atoms with E-state index < -0.39 is 21.7 Å². The first kappa shape index (κ1) is 16.3. The lowest BCUT2D eigenvalue weighted by molar-refractivity contribution is 0.286. The Morgan fingerprint density at radius 1 is 1.21 bits per heavy atom. The van der Waals surface area contributed by atoms with Crippen LogP contribution in [0, 0.1) is 11.6 Å². The fourth-order valence-electron chi connectivity index (χ4n) is 1.40. The number of rotatable bonds is 7. The molecule has 8 heteroatoms. The Labute approximate surface area is 119 Å². The second-order valence-electron chi connectivity index (χ2n) is 3.98. The Balaban J connectivity index is 2.34. The third kappa shape index (κ3) is 6.31. The molecule has 1 rings (SSSR count). The van der Waals surface area contributed by atoms with Gasteiger partial charge in [-0.2, -0.15) is 4.39 Å². The molecule has 1 aromatic carbocycles. The van der Waals surface area contributed by atoms with Crippen molar-refractivity contribution in [3.63, 3.8) is 0 Å². The number of halogens is 3. The van der Waals surface area contributed by atoms with Gasteiger partial charge in [0.15, 0.2) is 11.6 Å². The van der Waals surface area contributed by atoms with Crippen molar-refractivity contribution in [2.24, 2.45) is 5.14 Å². The summed E-state index contributed by atoms with van der Waals surface area (Å²) < 4.78 is 53.1. The van der Waals surface area contributed by atoms with E-state index in [1.54, 1.807) is 0 Å². The number of unbranched alkanes of at least 4 members (excludes halogenated alkanes) is 2. The number of hydrogen-bond donors (Lipinski definition) is 1. The molecular formula is C11H14BrF2NO3S. The van der Waals surface area contributed by atoms with Gasteiger partial charge in [-0.3, -0.25) is 0 Å². The lowest BCUT2D eigenvalue weighted by Crippen LogP contribution is -2.16. The van der Waals surface area contributed by atoms with Crippen molar-refractivity contribution in [3.05, 3.63) is 28.2 Å². The first-order chi connectivity index (χ1) is 8.79. The topological polar surface area (TPSA) is 69.4 Å². The van der Waals surface area contributed by atoms with Gasteiger partial charge in [0.25, 0.3) is 0 Å². The smallest absolute Gasteiger partial charge is 0.209 e. The van der Waals surface area contributed by atoms with Crippen molar-refractivity contribution in [1.82, 2.24) is 0 Å². The van der Waals surface area contributed by atoms with Gasteiger partial charge in [0.1, 0.15) is 0 Å². The van der Waals surface area contributed by atoms with E-state index in [0.717, 1.165) is 6.07 Å². The summed E-state index contributed by atoms with van der Waals surface area (Å²) in [4.78, 5) is 0. The van der Waals surface area contributed by atoms with Gasteiger partial charge in [0.2, 0.25) is 15.8 Å². The van der Waals surface area contributed by atoms with Crippen molar-refractivity contribution in [1.29, 1.82) is 0 Å². The number of hydrogen-bond acceptors (Lipinski definition) is 3. The molecule has 0 unspecified atom stereocenters. The standard InChI is InChI=1S/C11H14BrF2NO3S/c12-8-6-9(13)11(14)10(7-8)18-4-2-1-3-5-19(15,16)17/h6-7H,1-5H2,(H2,15,16,17). The molecular weight excluding hydrogens is 344 g/mol. The number of ether oxygens (including phenoxy) is 1. The van der Waals surface area contributed by atoms with Crippen LogP contribution >= 0.6 is 15.9 Å². The SMILES string of the molecule is NS(=O)(=O)CCCCCOc1cc(Br)cc(F)c1F. The van der Waals surface area contributed by atoms with Gasteiger partial charge >= 0.3 is 0 Å². The Morgan fingerprint density at radius 2 is 1.89 bits per heavy atom. The van der Waals surface area contributed by atoms with E-state index in [2.05, 4.69) is 15.9 Å². The highest BCUT2D eigenvalue weighted by atomic mass is 79.9. The lowest BCUT2D eigenvalue weighted by atomic mass is 10.2. The van der Waals surface area contributed by atoms with E-state index in [-0.39, 0.29) is 18.1 Å². The quantitative estimate of drug-likeness (QED) is 0.602. The fourth-order valence-corrected chi connectivity index (χ4v) is 2.42. The molecule has 0 saturated carbocycles. The summed E-state index contributed by atoms with van der Waals surface area (Å²) in [6, 6.07) is 2.34. The molecule has 0 atom stereocenters. The average molecular weight is 358 g/mol. The van der Waals surface area contributed by atoms with Crippen LogP contribution in [0.4, 0.5) is 8.78 Å². The van der Waals surface area contributed by atoms with Gasteiger partial charge in [-0.15, -0.1) is 0 Å². The van der Waals surface area contributed by atoms with Gasteiger partial charge in [-0.1, -0.05) is 15.9 Å². The minimum absolute atomic E-state index is 0.0904. The second-order valence-corrected chi connectivity index (χ2v) is 6.63. The van der Waals surface area contributed by atoms with E-state index in [1.807, 2.05) is 0 Å². The minimum atomic E-state index is -3.44. The number of benzene rings is 1.